The minimum Gasteiger partial charge on any atom is -0.497 e. The zero-order valence-electron chi connectivity index (χ0n) is 19.4. The molecule has 8 heteroatoms. The monoisotopic (exact) mass is 456 g/mol. The lowest BCUT2D eigenvalue weighted by Crippen LogP contribution is -2.40. The highest BCUT2D eigenvalue weighted by molar-refractivity contribution is 5.79. The Labute approximate surface area is 198 Å². The fourth-order valence-corrected chi connectivity index (χ4v) is 4.37. The number of fused-ring (bicyclic) bond motifs is 1. The van der Waals surface area contributed by atoms with Gasteiger partial charge in [-0.15, -0.1) is 15.3 Å². The number of nitrogens with zero attached hydrogens (tertiary/aromatic N) is 5. The highest BCUT2D eigenvalue weighted by Crippen LogP contribution is 2.25. The number of hydrogen-bond acceptors (Lipinski definition) is 6. The number of methoxy groups -OCH3 is 1. The first-order valence-corrected chi connectivity index (χ1v) is 11.6. The molecule has 0 unspecified atom stereocenters. The minimum absolute atomic E-state index is 0.0220. The number of rotatable bonds is 6. The van der Waals surface area contributed by atoms with E-state index in [0.717, 1.165) is 48.6 Å². The molecule has 5 rings (SSSR count). The number of aryl methyl sites for hydroxylation is 1. The van der Waals surface area contributed by atoms with Crippen molar-refractivity contribution in [2.45, 2.75) is 26.3 Å². The zero-order chi connectivity index (χ0) is 23.5. The minimum atomic E-state index is 0.0220. The van der Waals surface area contributed by atoms with Crippen molar-refractivity contribution in [3.8, 4) is 17.1 Å². The van der Waals surface area contributed by atoms with Crippen LogP contribution in [-0.2, 0) is 11.3 Å². The molecule has 0 bridgehead atoms. The summed E-state index contributed by atoms with van der Waals surface area (Å²) in [6.07, 6.45) is 1.60. The first-order valence-electron chi connectivity index (χ1n) is 11.6. The molecule has 2 aromatic carbocycles. The summed E-state index contributed by atoms with van der Waals surface area (Å²) in [5.74, 6) is 2.49. The van der Waals surface area contributed by atoms with Crippen molar-refractivity contribution in [2.24, 2.45) is 5.92 Å². The van der Waals surface area contributed by atoms with E-state index in [1.165, 1.54) is 5.56 Å². The van der Waals surface area contributed by atoms with E-state index in [9.17, 15) is 4.79 Å². The molecular formula is C26H28N6O2. The van der Waals surface area contributed by atoms with Crippen LogP contribution in [0.4, 0.5) is 5.82 Å². The van der Waals surface area contributed by atoms with Gasteiger partial charge in [0.05, 0.1) is 7.11 Å². The van der Waals surface area contributed by atoms with Gasteiger partial charge in [0.1, 0.15) is 11.6 Å². The third-order valence-electron chi connectivity index (χ3n) is 6.50. The number of benzene rings is 2. The predicted octanol–water partition coefficient (Wildman–Crippen LogP) is 3.64. The summed E-state index contributed by atoms with van der Waals surface area (Å²) in [7, 11) is 1.65. The number of anilines is 1. The molecule has 1 aliphatic heterocycles. The highest BCUT2D eigenvalue weighted by Gasteiger charge is 2.26. The number of amides is 1. The van der Waals surface area contributed by atoms with Crippen LogP contribution in [0.15, 0.2) is 60.7 Å². The molecule has 1 amide bonds. The number of ether oxygens (including phenoxy) is 1. The summed E-state index contributed by atoms with van der Waals surface area (Å²) in [5.41, 5.74) is 3.97. The summed E-state index contributed by atoms with van der Waals surface area (Å²) in [4.78, 5) is 15.0. The average Bonchev–Trinajstić information content (AvgIpc) is 3.31. The van der Waals surface area contributed by atoms with E-state index < -0.39 is 0 Å². The molecule has 1 aliphatic rings. The number of carbonyl (C=O) groups is 1. The molecule has 3 heterocycles. The molecule has 4 aromatic rings. The van der Waals surface area contributed by atoms with E-state index in [4.69, 9.17) is 9.84 Å². The summed E-state index contributed by atoms with van der Waals surface area (Å²) >= 11 is 0. The number of carbonyl (C=O) groups excluding carboxylic acids is 1. The van der Waals surface area contributed by atoms with Crippen LogP contribution in [0.3, 0.4) is 0 Å². The van der Waals surface area contributed by atoms with Crippen LogP contribution < -0.4 is 15.0 Å². The van der Waals surface area contributed by atoms with Gasteiger partial charge in [0.2, 0.25) is 5.91 Å². The standard InChI is InChI=1S/C26H28N6O2/c1-18-5-3-4-6-21(18)17-27-26(33)20-13-15-31(16-14-20)24-12-11-23-28-29-25(32(23)30-24)19-7-9-22(34-2)10-8-19/h3-12,20H,13-17H2,1-2H3,(H,27,33). The van der Waals surface area contributed by atoms with Crippen molar-refractivity contribution in [1.82, 2.24) is 25.1 Å². The molecule has 1 saturated heterocycles. The molecule has 174 valence electrons. The van der Waals surface area contributed by atoms with Gasteiger partial charge in [0, 0.05) is 31.1 Å². The molecule has 0 atom stereocenters. The lowest BCUT2D eigenvalue weighted by Gasteiger charge is -2.32. The van der Waals surface area contributed by atoms with Gasteiger partial charge in [-0.25, -0.2) is 0 Å². The van der Waals surface area contributed by atoms with Gasteiger partial charge in [-0.2, -0.15) is 4.52 Å². The van der Waals surface area contributed by atoms with E-state index in [1.807, 2.05) is 48.5 Å². The van der Waals surface area contributed by atoms with Gasteiger partial charge in [0.15, 0.2) is 11.5 Å². The molecule has 0 saturated carbocycles. The van der Waals surface area contributed by atoms with E-state index >= 15 is 0 Å². The topological polar surface area (TPSA) is 84.7 Å². The maximum atomic E-state index is 12.7. The molecule has 34 heavy (non-hydrogen) atoms. The van der Waals surface area contributed by atoms with Crippen molar-refractivity contribution in [1.29, 1.82) is 0 Å². The van der Waals surface area contributed by atoms with Crippen LogP contribution >= 0.6 is 0 Å². The van der Waals surface area contributed by atoms with E-state index in [0.29, 0.717) is 18.0 Å². The third-order valence-corrected chi connectivity index (χ3v) is 6.50. The normalized spacial score (nSPS) is 14.4. The maximum absolute atomic E-state index is 12.7. The third kappa shape index (κ3) is 4.44. The van der Waals surface area contributed by atoms with Gasteiger partial charge in [-0.3, -0.25) is 4.79 Å². The zero-order valence-corrected chi connectivity index (χ0v) is 19.4. The number of hydrogen-bond donors (Lipinski definition) is 1. The SMILES string of the molecule is COc1ccc(-c2nnc3ccc(N4CCC(C(=O)NCc5ccccc5C)CC4)nn23)cc1. The fraction of sp³-hybridized carbons (Fsp3) is 0.308. The summed E-state index contributed by atoms with van der Waals surface area (Å²) in [6.45, 7) is 4.20. The summed E-state index contributed by atoms with van der Waals surface area (Å²) in [5, 5.41) is 16.5. The average molecular weight is 457 g/mol. The van der Waals surface area contributed by atoms with Crippen molar-refractivity contribution in [2.75, 3.05) is 25.1 Å². The lowest BCUT2D eigenvalue weighted by atomic mass is 9.95. The van der Waals surface area contributed by atoms with Crippen LogP contribution in [0.2, 0.25) is 0 Å². The van der Waals surface area contributed by atoms with Crippen molar-refractivity contribution < 1.29 is 9.53 Å². The number of nitrogens with one attached hydrogen (secondary N) is 1. The van der Waals surface area contributed by atoms with Gasteiger partial charge < -0.3 is 15.0 Å². The largest absolute Gasteiger partial charge is 0.497 e. The molecule has 1 fully saturated rings. The van der Waals surface area contributed by atoms with E-state index in [2.05, 4.69) is 39.5 Å². The Morgan fingerprint density at radius 3 is 2.53 bits per heavy atom. The Balaban J connectivity index is 1.24. The fourth-order valence-electron chi connectivity index (χ4n) is 4.37. The maximum Gasteiger partial charge on any atom is 0.223 e. The molecule has 2 aromatic heterocycles. The number of aromatic nitrogens is 4. The molecular weight excluding hydrogens is 428 g/mol. The van der Waals surface area contributed by atoms with Crippen LogP contribution in [0.1, 0.15) is 24.0 Å². The second-order valence-corrected chi connectivity index (χ2v) is 8.62. The van der Waals surface area contributed by atoms with Gasteiger partial charge in [-0.1, -0.05) is 24.3 Å². The molecule has 0 radical (unpaired) electrons. The Kier molecular flexibility index (Phi) is 6.12. The highest BCUT2D eigenvalue weighted by atomic mass is 16.5. The Morgan fingerprint density at radius 1 is 1.03 bits per heavy atom. The van der Waals surface area contributed by atoms with E-state index in [1.54, 1.807) is 11.6 Å². The van der Waals surface area contributed by atoms with E-state index in [-0.39, 0.29) is 11.8 Å². The van der Waals surface area contributed by atoms with Crippen molar-refractivity contribution in [3.05, 3.63) is 71.8 Å². The van der Waals surface area contributed by atoms with Crippen LogP contribution in [0.5, 0.6) is 5.75 Å². The summed E-state index contributed by atoms with van der Waals surface area (Å²) < 4.78 is 7.02. The van der Waals surface area contributed by atoms with Crippen LogP contribution in [0.25, 0.3) is 17.0 Å². The summed E-state index contributed by atoms with van der Waals surface area (Å²) in [6, 6.07) is 19.8. The molecule has 0 aliphatic carbocycles. The first kappa shape index (κ1) is 21.9. The van der Waals surface area contributed by atoms with Crippen LogP contribution in [-0.4, -0.2) is 45.9 Å². The first-order chi connectivity index (χ1) is 16.6. The Hall–Kier alpha value is -3.94. The molecule has 0 spiro atoms. The van der Waals surface area contributed by atoms with Gasteiger partial charge >= 0.3 is 0 Å². The molecule has 8 nitrogen and oxygen atoms in total. The second-order valence-electron chi connectivity index (χ2n) is 8.62. The smallest absolute Gasteiger partial charge is 0.223 e. The second kappa shape index (κ2) is 9.51. The Bertz CT molecular complexity index is 1290. The quantitative estimate of drug-likeness (QED) is 0.477. The van der Waals surface area contributed by atoms with Crippen molar-refractivity contribution in [3.63, 3.8) is 0 Å². The van der Waals surface area contributed by atoms with Crippen molar-refractivity contribution >= 4 is 17.4 Å². The van der Waals surface area contributed by atoms with Crippen LogP contribution in [0, 0.1) is 12.8 Å². The predicted molar refractivity (Wildman–Crippen MR) is 131 cm³/mol. The number of piperidine rings is 1. The molecule has 1 N–H and O–H groups in total. The lowest BCUT2D eigenvalue weighted by molar-refractivity contribution is -0.125. The van der Waals surface area contributed by atoms with Gasteiger partial charge in [-0.05, 0) is 67.3 Å². The Morgan fingerprint density at radius 2 is 1.79 bits per heavy atom. The van der Waals surface area contributed by atoms with Gasteiger partial charge in [0.25, 0.3) is 0 Å².